The molecule has 6 heteroatoms. The maximum atomic E-state index is 12.2. The molecule has 1 fully saturated rings. The molecule has 0 unspecified atom stereocenters. The van der Waals surface area contributed by atoms with Crippen molar-refractivity contribution in [2.24, 2.45) is 0 Å². The Bertz CT molecular complexity index is 263. The Morgan fingerprint density at radius 2 is 1.78 bits per heavy atom. The number of alkyl halides is 3. The molecule has 1 rings (SSSR count). The number of carboxylic acid groups (broad SMARTS) is 1. The molecule has 0 radical (unpaired) electrons. The summed E-state index contributed by atoms with van der Waals surface area (Å²) in [6.07, 6.45) is -0.161. The molecule has 0 aromatic carbocycles. The van der Waals surface area contributed by atoms with Crippen LogP contribution < -0.4 is 0 Å². The number of carbonyl (C=O) groups is 1. The summed E-state index contributed by atoms with van der Waals surface area (Å²) in [6.45, 7) is 0.136. The minimum atomic E-state index is -4.17. The first kappa shape index (κ1) is 15.3. The molecule has 1 aliphatic carbocycles. The third kappa shape index (κ3) is 6.23. The molecule has 0 amide bonds. The van der Waals surface area contributed by atoms with Gasteiger partial charge in [-0.2, -0.15) is 13.2 Å². The van der Waals surface area contributed by atoms with E-state index in [0.717, 1.165) is 32.1 Å². The van der Waals surface area contributed by atoms with Crippen molar-refractivity contribution in [1.29, 1.82) is 0 Å². The molecule has 0 aliphatic heterocycles. The molecular formula is C12H20F3NO2. The zero-order valence-corrected chi connectivity index (χ0v) is 10.4. The minimum absolute atomic E-state index is 0.0819. The summed E-state index contributed by atoms with van der Waals surface area (Å²) < 4.78 is 36.7. The highest BCUT2D eigenvalue weighted by Gasteiger charge is 2.30. The summed E-state index contributed by atoms with van der Waals surface area (Å²) in [5, 5.41) is 8.64. The van der Waals surface area contributed by atoms with E-state index in [0.29, 0.717) is 0 Å². The van der Waals surface area contributed by atoms with Gasteiger partial charge in [-0.25, -0.2) is 0 Å². The Kier molecular flexibility index (Phi) is 5.91. The highest BCUT2D eigenvalue weighted by molar-refractivity contribution is 5.66. The topological polar surface area (TPSA) is 40.5 Å². The van der Waals surface area contributed by atoms with Crippen molar-refractivity contribution in [3.63, 3.8) is 0 Å². The Balaban J connectivity index is 2.47. The third-order valence-corrected chi connectivity index (χ3v) is 3.39. The van der Waals surface area contributed by atoms with E-state index in [-0.39, 0.29) is 25.6 Å². The number of carboxylic acids is 1. The van der Waals surface area contributed by atoms with Gasteiger partial charge in [0.1, 0.15) is 0 Å². The molecule has 0 saturated heterocycles. The maximum absolute atomic E-state index is 12.2. The molecule has 1 N–H and O–H groups in total. The highest BCUT2D eigenvalue weighted by Crippen LogP contribution is 2.25. The van der Waals surface area contributed by atoms with E-state index in [9.17, 15) is 18.0 Å². The highest BCUT2D eigenvalue weighted by atomic mass is 19.4. The second kappa shape index (κ2) is 6.97. The van der Waals surface area contributed by atoms with Gasteiger partial charge in [0.15, 0.2) is 0 Å². The van der Waals surface area contributed by atoms with E-state index in [1.54, 1.807) is 4.90 Å². The van der Waals surface area contributed by atoms with Crippen LogP contribution in [0.5, 0.6) is 0 Å². The second-order valence-corrected chi connectivity index (χ2v) is 4.84. The third-order valence-electron chi connectivity index (χ3n) is 3.39. The fraction of sp³-hybridized carbons (Fsp3) is 0.917. The second-order valence-electron chi connectivity index (χ2n) is 4.84. The van der Waals surface area contributed by atoms with Gasteiger partial charge in [-0.15, -0.1) is 0 Å². The molecule has 1 saturated carbocycles. The summed E-state index contributed by atoms with van der Waals surface area (Å²) in [5.74, 6) is -0.956. The lowest BCUT2D eigenvalue weighted by atomic mass is 9.94. The van der Waals surface area contributed by atoms with Crippen LogP contribution in [-0.2, 0) is 4.79 Å². The van der Waals surface area contributed by atoms with Gasteiger partial charge >= 0.3 is 12.1 Å². The predicted octanol–water partition coefficient (Wildman–Crippen LogP) is 3.05. The number of hydrogen-bond donors (Lipinski definition) is 1. The average Bonchev–Trinajstić information content (AvgIpc) is 2.28. The Hall–Kier alpha value is -0.780. The van der Waals surface area contributed by atoms with Crippen molar-refractivity contribution in [2.45, 2.75) is 57.2 Å². The zero-order chi connectivity index (χ0) is 13.6. The molecule has 1 aliphatic rings. The summed E-state index contributed by atoms with van der Waals surface area (Å²) in [7, 11) is 0. The van der Waals surface area contributed by atoms with Crippen LogP contribution in [0.3, 0.4) is 0 Å². The van der Waals surface area contributed by atoms with Gasteiger partial charge in [0, 0.05) is 19.1 Å². The van der Waals surface area contributed by atoms with Crippen LogP contribution in [0.2, 0.25) is 0 Å². The standard InChI is InChI=1S/C12H20F3NO2/c13-12(14,15)7-9-16(8-6-11(17)18)10-4-2-1-3-5-10/h10H,1-9H2,(H,17,18). The predicted molar refractivity (Wildman–Crippen MR) is 61.4 cm³/mol. The van der Waals surface area contributed by atoms with Crippen LogP contribution in [0.4, 0.5) is 13.2 Å². The fourth-order valence-corrected chi connectivity index (χ4v) is 2.43. The van der Waals surface area contributed by atoms with E-state index >= 15 is 0 Å². The van der Waals surface area contributed by atoms with Crippen molar-refractivity contribution >= 4 is 5.97 Å². The molecule has 0 aromatic rings. The first-order valence-corrected chi connectivity index (χ1v) is 6.41. The quantitative estimate of drug-likeness (QED) is 0.804. The van der Waals surface area contributed by atoms with Crippen LogP contribution in [0.25, 0.3) is 0 Å². The first-order chi connectivity index (χ1) is 8.38. The number of nitrogens with zero attached hydrogens (tertiary/aromatic N) is 1. The minimum Gasteiger partial charge on any atom is -0.481 e. The summed E-state index contributed by atoms with van der Waals surface area (Å²) >= 11 is 0. The van der Waals surface area contributed by atoms with Crippen LogP contribution >= 0.6 is 0 Å². The maximum Gasteiger partial charge on any atom is 0.390 e. The molecule has 0 atom stereocenters. The summed E-state index contributed by atoms with van der Waals surface area (Å²) in [5.41, 5.74) is 0. The molecule has 106 valence electrons. The van der Waals surface area contributed by atoms with Gasteiger partial charge in [-0.05, 0) is 12.8 Å². The van der Waals surface area contributed by atoms with Crippen molar-refractivity contribution in [1.82, 2.24) is 4.90 Å². The SMILES string of the molecule is O=C(O)CCN(CCC(F)(F)F)C1CCCCC1. The lowest BCUT2D eigenvalue weighted by Gasteiger charge is -2.34. The average molecular weight is 267 g/mol. The van der Waals surface area contributed by atoms with E-state index < -0.39 is 18.6 Å². The molecule has 0 aromatic heterocycles. The molecule has 0 bridgehead atoms. The van der Waals surface area contributed by atoms with Gasteiger partial charge in [0.2, 0.25) is 0 Å². The van der Waals surface area contributed by atoms with E-state index in [2.05, 4.69) is 0 Å². The largest absolute Gasteiger partial charge is 0.481 e. The number of aliphatic carboxylic acids is 1. The van der Waals surface area contributed by atoms with E-state index in [1.807, 2.05) is 0 Å². The molecular weight excluding hydrogens is 247 g/mol. The monoisotopic (exact) mass is 267 g/mol. The van der Waals surface area contributed by atoms with Gasteiger partial charge in [-0.3, -0.25) is 9.69 Å². The van der Waals surface area contributed by atoms with Crippen molar-refractivity contribution in [2.75, 3.05) is 13.1 Å². The summed E-state index contributed by atoms with van der Waals surface area (Å²) in [6, 6.07) is 0.125. The van der Waals surface area contributed by atoms with E-state index in [4.69, 9.17) is 5.11 Å². The van der Waals surface area contributed by atoms with Gasteiger partial charge < -0.3 is 5.11 Å². The smallest absolute Gasteiger partial charge is 0.390 e. The number of halogens is 3. The van der Waals surface area contributed by atoms with Gasteiger partial charge in [-0.1, -0.05) is 19.3 Å². The Morgan fingerprint density at radius 1 is 1.17 bits per heavy atom. The first-order valence-electron chi connectivity index (χ1n) is 6.41. The van der Waals surface area contributed by atoms with Gasteiger partial charge in [0.05, 0.1) is 12.8 Å². The van der Waals surface area contributed by atoms with Crippen LogP contribution in [0.1, 0.15) is 44.9 Å². The Morgan fingerprint density at radius 3 is 2.28 bits per heavy atom. The van der Waals surface area contributed by atoms with Gasteiger partial charge in [0.25, 0.3) is 0 Å². The zero-order valence-electron chi connectivity index (χ0n) is 10.4. The number of hydrogen-bond acceptors (Lipinski definition) is 2. The van der Waals surface area contributed by atoms with Crippen LogP contribution in [0.15, 0.2) is 0 Å². The van der Waals surface area contributed by atoms with Crippen molar-refractivity contribution < 1.29 is 23.1 Å². The normalized spacial score (nSPS) is 18.2. The molecule has 0 spiro atoms. The number of rotatable bonds is 6. The van der Waals surface area contributed by atoms with Crippen molar-refractivity contribution in [3.8, 4) is 0 Å². The molecule has 18 heavy (non-hydrogen) atoms. The van der Waals surface area contributed by atoms with E-state index in [1.165, 1.54) is 0 Å². The Labute approximate surface area is 105 Å². The van der Waals surface area contributed by atoms with Crippen LogP contribution in [0, 0.1) is 0 Å². The summed E-state index contributed by atoms with van der Waals surface area (Å²) in [4.78, 5) is 12.2. The lowest BCUT2D eigenvalue weighted by molar-refractivity contribution is -0.141. The van der Waals surface area contributed by atoms with Crippen LogP contribution in [-0.4, -0.2) is 41.3 Å². The molecule has 3 nitrogen and oxygen atoms in total. The van der Waals surface area contributed by atoms with Crippen molar-refractivity contribution in [3.05, 3.63) is 0 Å². The lowest BCUT2D eigenvalue weighted by Crippen LogP contribution is -2.40. The molecule has 0 heterocycles. The fourth-order valence-electron chi connectivity index (χ4n) is 2.43.